The maximum Gasteiger partial charge on any atom is 0.236 e. The zero-order valence-electron chi connectivity index (χ0n) is 9.38. The van der Waals surface area contributed by atoms with E-state index in [0.717, 1.165) is 31.6 Å². The number of piperazine rings is 1. The molecule has 0 radical (unpaired) electrons. The molecule has 0 atom stereocenters. The van der Waals surface area contributed by atoms with Crippen molar-refractivity contribution in [2.75, 3.05) is 26.2 Å². The fourth-order valence-electron chi connectivity index (χ4n) is 1.84. The third-order valence-corrected chi connectivity index (χ3v) is 3.58. The summed E-state index contributed by atoms with van der Waals surface area (Å²) in [6.07, 6.45) is 0.808. The Morgan fingerprint density at radius 3 is 2.82 bits per heavy atom. The largest absolute Gasteiger partial charge is 0.340 e. The predicted octanol–water partition coefficient (Wildman–Crippen LogP) is 1.97. The number of benzene rings is 1. The van der Waals surface area contributed by atoms with Crippen LogP contribution < -0.4 is 5.32 Å². The van der Waals surface area contributed by atoms with E-state index in [4.69, 9.17) is 23.2 Å². The van der Waals surface area contributed by atoms with Crippen molar-refractivity contribution in [2.45, 2.75) is 6.42 Å². The van der Waals surface area contributed by atoms with Gasteiger partial charge in [-0.05, 0) is 24.1 Å². The molecule has 92 valence electrons. The number of carbonyl (C=O) groups excluding carboxylic acids is 1. The van der Waals surface area contributed by atoms with Crippen LogP contribution in [0.4, 0.5) is 0 Å². The van der Waals surface area contributed by atoms with E-state index in [1.807, 2.05) is 17.0 Å². The molecule has 0 unspecified atom stereocenters. The lowest BCUT2D eigenvalue weighted by Gasteiger charge is -2.27. The third-order valence-electron chi connectivity index (χ3n) is 2.84. The first-order valence-electron chi connectivity index (χ1n) is 5.59. The van der Waals surface area contributed by atoms with E-state index in [9.17, 15) is 4.79 Å². The van der Waals surface area contributed by atoms with Crippen molar-refractivity contribution < 1.29 is 4.79 Å². The van der Waals surface area contributed by atoms with E-state index >= 15 is 0 Å². The Hall–Kier alpha value is -0.770. The summed E-state index contributed by atoms with van der Waals surface area (Å²) in [4.78, 5) is 13.4. The zero-order valence-corrected chi connectivity index (χ0v) is 10.9. The molecular formula is C12H14Cl2N2O. The van der Waals surface area contributed by atoms with Crippen molar-refractivity contribution in [2.24, 2.45) is 0 Å². The molecule has 0 aliphatic carbocycles. The summed E-state index contributed by atoms with van der Waals surface area (Å²) in [5.41, 5.74) is 1.10. The second-order valence-corrected chi connectivity index (χ2v) is 4.87. The third kappa shape index (κ3) is 3.35. The average molecular weight is 273 g/mol. The molecule has 1 aromatic carbocycles. The summed E-state index contributed by atoms with van der Waals surface area (Å²) in [5, 5.41) is 4.18. The van der Waals surface area contributed by atoms with Crippen LogP contribution in [0.2, 0.25) is 10.0 Å². The number of carbonyl (C=O) groups is 1. The summed E-state index contributed by atoms with van der Waals surface area (Å²) in [7, 11) is 0. The SMILES string of the molecule is O=C1CNCCN1CCc1ccc(Cl)c(Cl)c1. The molecule has 17 heavy (non-hydrogen) atoms. The van der Waals surface area contributed by atoms with E-state index < -0.39 is 0 Å². The lowest BCUT2D eigenvalue weighted by molar-refractivity contribution is -0.131. The van der Waals surface area contributed by atoms with Crippen LogP contribution >= 0.6 is 23.2 Å². The Labute approximate surface area is 111 Å². The van der Waals surface area contributed by atoms with Crippen LogP contribution in [0.15, 0.2) is 18.2 Å². The summed E-state index contributed by atoms with van der Waals surface area (Å²) in [6, 6.07) is 5.59. The molecule has 1 aliphatic heterocycles. The smallest absolute Gasteiger partial charge is 0.236 e. The molecular weight excluding hydrogens is 259 g/mol. The first kappa shape index (κ1) is 12.7. The van der Waals surface area contributed by atoms with Crippen LogP contribution in [0, 0.1) is 0 Å². The van der Waals surface area contributed by atoms with Gasteiger partial charge in [0.2, 0.25) is 5.91 Å². The van der Waals surface area contributed by atoms with Crippen molar-refractivity contribution in [3.63, 3.8) is 0 Å². The van der Waals surface area contributed by atoms with Gasteiger partial charge in [0.1, 0.15) is 0 Å². The molecule has 1 saturated heterocycles. The van der Waals surface area contributed by atoms with E-state index in [1.165, 1.54) is 0 Å². The molecule has 2 rings (SSSR count). The van der Waals surface area contributed by atoms with Gasteiger partial charge in [0.15, 0.2) is 0 Å². The summed E-state index contributed by atoms with van der Waals surface area (Å²) in [5.74, 6) is 0.163. The maximum atomic E-state index is 11.6. The van der Waals surface area contributed by atoms with Gasteiger partial charge in [-0.3, -0.25) is 4.79 Å². The van der Waals surface area contributed by atoms with Crippen LogP contribution in [0.3, 0.4) is 0 Å². The molecule has 1 heterocycles. The number of nitrogens with zero attached hydrogens (tertiary/aromatic N) is 1. The second kappa shape index (κ2) is 5.71. The van der Waals surface area contributed by atoms with Crippen LogP contribution in [-0.2, 0) is 11.2 Å². The number of hydrogen-bond acceptors (Lipinski definition) is 2. The summed E-state index contributed by atoms with van der Waals surface area (Å²) < 4.78 is 0. The fraction of sp³-hybridized carbons (Fsp3) is 0.417. The van der Waals surface area contributed by atoms with Gasteiger partial charge in [-0.2, -0.15) is 0 Å². The van der Waals surface area contributed by atoms with E-state index in [2.05, 4.69) is 5.32 Å². The van der Waals surface area contributed by atoms with Crippen LogP contribution in [0.5, 0.6) is 0 Å². The highest BCUT2D eigenvalue weighted by Crippen LogP contribution is 2.22. The number of hydrogen-bond donors (Lipinski definition) is 1. The van der Waals surface area contributed by atoms with Gasteiger partial charge in [-0.25, -0.2) is 0 Å². The standard InChI is InChI=1S/C12H14Cl2N2O/c13-10-2-1-9(7-11(10)14)3-5-16-6-4-15-8-12(16)17/h1-2,7,15H,3-6,8H2. The summed E-state index contributed by atoms with van der Waals surface area (Å²) in [6.45, 7) is 2.83. The molecule has 0 saturated carbocycles. The van der Waals surface area contributed by atoms with Crippen LogP contribution in [-0.4, -0.2) is 37.0 Å². The Morgan fingerprint density at radius 2 is 2.12 bits per heavy atom. The number of rotatable bonds is 3. The van der Waals surface area contributed by atoms with Gasteiger partial charge in [-0.1, -0.05) is 29.3 Å². The Bertz CT molecular complexity index is 423. The predicted molar refractivity (Wildman–Crippen MR) is 69.6 cm³/mol. The molecule has 1 fully saturated rings. The lowest BCUT2D eigenvalue weighted by atomic mass is 10.1. The second-order valence-electron chi connectivity index (χ2n) is 4.06. The summed E-state index contributed by atoms with van der Waals surface area (Å²) >= 11 is 11.8. The van der Waals surface area contributed by atoms with Crippen molar-refractivity contribution in [1.29, 1.82) is 0 Å². The topological polar surface area (TPSA) is 32.3 Å². The lowest BCUT2D eigenvalue weighted by Crippen LogP contribution is -2.48. The minimum absolute atomic E-state index is 0.163. The van der Waals surface area contributed by atoms with Gasteiger partial charge < -0.3 is 10.2 Å². The van der Waals surface area contributed by atoms with Gasteiger partial charge in [-0.15, -0.1) is 0 Å². The first-order valence-corrected chi connectivity index (χ1v) is 6.35. The van der Waals surface area contributed by atoms with Crippen LogP contribution in [0.1, 0.15) is 5.56 Å². The molecule has 0 bridgehead atoms. The van der Waals surface area contributed by atoms with Crippen molar-refractivity contribution >= 4 is 29.1 Å². The Morgan fingerprint density at radius 1 is 1.29 bits per heavy atom. The normalized spacial score (nSPS) is 16.4. The molecule has 1 aromatic rings. The average Bonchev–Trinajstić information content (AvgIpc) is 2.32. The van der Waals surface area contributed by atoms with E-state index in [0.29, 0.717) is 16.6 Å². The molecule has 1 N–H and O–H groups in total. The maximum absolute atomic E-state index is 11.6. The Balaban J connectivity index is 1.92. The van der Waals surface area contributed by atoms with E-state index in [-0.39, 0.29) is 5.91 Å². The van der Waals surface area contributed by atoms with Gasteiger partial charge in [0, 0.05) is 19.6 Å². The molecule has 1 amide bonds. The van der Waals surface area contributed by atoms with Gasteiger partial charge >= 0.3 is 0 Å². The first-order chi connectivity index (χ1) is 8.16. The molecule has 0 aromatic heterocycles. The molecule has 1 aliphatic rings. The fourth-order valence-corrected chi connectivity index (χ4v) is 2.16. The van der Waals surface area contributed by atoms with Crippen molar-refractivity contribution in [3.8, 4) is 0 Å². The van der Waals surface area contributed by atoms with Gasteiger partial charge in [0.05, 0.1) is 16.6 Å². The number of halogens is 2. The Kier molecular flexibility index (Phi) is 4.26. The highest BCUT2D eigenvalue weighted by molar-refractivity contribution is 6.42. The number of nitrogens with one attached hydrogen (secondary N) is 1. The van der Waals surface area contributed by atoms with Crippen molar-refractivity contribution in [3.05, 3.63) is 33.8 Å². The molecule has 3 nitrogen and oxygen atoms in total. The minimum atomic E-state index is 0.163. The monoisotopic (exact) mass is 272 g/mol. The van der Waals surface area contributed by atoms with E-state index in [1.54, 1.807) is 6.07 Å². The van der Waals surface area contributed by atoms with Crippen LogP contribution in [0.25, 0.3) is 0 Å². The molecule has 0 spiro atoms. The van der Waals surface area contributed by atoms with Crippen molar-refractivity contribution in [1.82, 2.24) is 10.2 Å². The highest BCUT2D eigenvalue weighted by atomic mass is 35.5. The zero-order chi connectivity index (χ0) is 12.3. The van der Waals surface area contributed by atoms with Gasteiger partial charge in [0.25, 0.3) is 0 Å². The highest BCUT2D eigenvalue weighted by Gasteiger charge is 2.16. The molecule has 5 heteroatoms. The minimum Gasteiger partial charge on any atom is -0.340 e. The number of amides is 1. The quantitative estimate of drug-likeness (QED) is 0.913.